The third-order valence-corrected chi connectivity index (χ3v) is 3.66. The lowest BCUT2D eigenvalue weighted by Crippen LogP contribution is -2.48. The van der Waals surface area contributed by atoms with E-state index in [0.29, 0.717) is 6.42 Å². The summed E-state index contributed by atoms with van der Waals surface area (Å²) >= 11 is 0. The summed E-state index contributed by atoms with van der Waals surface area (Å²) in [5.41, 5.74) is -2.38. The van der Waals surface area contributed by atoms with Crippen LogP contribution < -0.4 is 5.32 Å². The van der Waals surface area contributed by atoms with Crippen molar-refractivity contribution >= 4 is 5.91 Å². The van der Waals surface area contributed by atoms with Gasteiger partial charge in [0.05, 0.1) is 6.42 Å². The van der Waals surface area contributed by atoms with E-state index < -0.39 is 29.9 Å². The van der Waals surface area contributed by atoms with E-state index in [1.807, 2.05) is 30.3 Å². The number of halogens is 3. The van der Waals surface area contributed by atoms with Gasteiger partial charge in [-0.2, -0.15) is 13.2 Å². The van der Waals surface area contributed by atoms with Crippen molar-refractivity contribution in [2.75, 3.05) is 6.54 Å². The Morgan fingerprint density at radius 3 is 2.50 bits per heavy atom. The fraction of sp³-hybridized carbons (Fsp3) is 0.375. The van der Waals surface area contributed by atoms with Crippen molar-refractivity contribution in [1.82, 2.24) is 14.9 Å². The zero-order valence-corrected chi connectivity index (χ0v) is 13.0. The molecule has 1 aromatic carbocycles. The molecule has 0 aliphatic carbocycles. The molecule has 0 saturated heterocycles. The van der Waals surface area contributed by atoms with Gasteiger partial charge in [-0.25, -0.2) is 4.98 Å². The van der Waals surface area contributed by atoms with Gasteiger partial charge in [0, 0.05) is 26.0 Å². The van der Waals surface area contributed by atoms with Crippen molar-refractivity contribution < 1.29 is 23.1 Å². The number of rotatable bonds is 6. The first kappa shape index (κ1) is 18.0. The summed E-state index contributed by atoms with van der Waals surface area (Å²) in [7, 11) is 1.33. The molecule has 0 aliphatic heterocycles. The maximum atomic E-state index is 13.3. The molecule has 2 N–H and O–H groups in total. The minimum Gasteiger partial charge on any atom is -0.374 e. The molecule has 0 spiro atoms. The van der Waals surface area contributed by atoms with Crippen LogP contribution in [-0.4, -0.2) is 33.3 Å². The van der Waals surface area contributed by atoms with Crippen LogP contribution in [0.3, 0.4) is 0 Å². The quantitative estimate of drug-likeness (QED) is 0.844. The van der Waals surface area contributed by atoms with E-state index in [2.05, 4.69) is 10.3 Å². The van der Waals surface area contributed by atoms with Crippen LogP contribution in [0.4, 0.5) is 13.2 Å². The molecule has 24 heavy (non-hydrogen) atoms. The van der Waals surface area contributed by atoms with Crippen LogP contribution in [0.25, 0.3) is 0 Å². The average Bonchev–Trinajstić information content (AvgIpc) is 2.93. The number of benzene rings is 1. The largest absolute Gasteiger partial charge is 0.425 e. The molecule has 1 heterocycles. The molecule has 5 nitrogen and oxygen atoms in total. The van der Waals surface area contributed by atoms with Gasteiger partial charge in [0.15, 0.2) is 5.82 Å². The number of amides is 1. The monoisotopic (exact) mass is 341 g/mol. The smallest absolute Gasteiger partial charge is 0.374 e. The van der Waals surface area contributed by atoms with E-state index >= 15 is 0 Å². The molecule has 0 radical (unpaired) electrons. The van der Waals surface area contributed by atoms with Crippen LogP contribution in [0.15, 0.2) is 42.7 Å². The molecule has 1 atom stereocenters. The second-order valence-corrected chi connectivity index (χ2v) is 5.48. The number of hydrogen-bond donors (Lipinski definition) is 2. The molecule has 1 amide bonds. The molecule has 2 rings (SSSR count). The Balaban J connectivity index is 2.02. The lowest BCUT2D eigenvalue weighted by molar-refractivity contribution is -0.271. The first-order valence-electron chi connectivity index (χ1n) is 7.31. The molecular formula is C16H18F3N3O2. The topological polar surface area (TPSA) is 67.1 Å². The van der Waals surface area contributed by atoms with Crippen molar-refractivity contribution in [1.29, 1.82) is 0 Å². The zero-order chi connectivity index (χ0) is 17.8. The summed E-state index contributed by atoms with van der Waals surface area (Å²) in [6.07, 6.45) is -3.27. The Morgan fingerprint density at radius 1 is 1.29 bits per heavy atom. The Labute approximate surface area is 137 Å². The number of nitrogens with one attached hydrogen (secondary N) is 1. The lowest BCUT2D eigenvalue weighted by atomic mass is 9.97. The predicted octanol–water partition coefficient (Wildman–Crippen LogP) is 1.92. The number of aryl methyl sites for hydroxylation is 1. The maximum Gasteiger partial charge on any atom is 0.425 e. The van der Waals surface area contributed by atoms with Crippen LogP contribution in [0.2, 0.25) is 0 Å². The number of imidazole rings is 1. The van der Waals surface area contributed by atoms with Crippen LogP contribution >= 0.6 is 0 Å². The summed E-state index contributed by atoms with van der Waals surface area (Å²) in [5, 5.41) is 12.5. The molecule has 0 fully saturated rings. The second-order valence-electron chi connectivity index (χ2n) is 5.48. The number of alkyl halides is 3. The summed E-state index contributed by atoms with van der Waals surface area (Å²) in [6, 6.07) is 9.22. The van der Waals surface area contributed by atoms with Gasteiger partial charge >= 0.3 is 6.18 Å². The standard InChI is InChI=1S/C16H18F3N3O2/c1-22-10-9-21-14(22)15(24,16(17,18)19)11-13(23)20-8-7-12-5-3-2-4-6-12/h2-6,9-10,24H,7-8,11H2,1H3,(H,20,23). The number of aromatic nitrogens is 2. The average molecular weight is 341 g/mol. The van der Waals surface area contributed by atoms with Gasteiger partial charge in [0.25, 0.3) is 0 Å². The van der Waals surface area contributed by atoms with E-state index in [1.54, 1.807) is 0 Å². The Hall–Kier alpha value is -2.35. The van der Waals surface area contributed by atoms with E-state index in [4.69, 9.17) is 0 Å². The minimum atomic E-state index is -5.02. The first-order chi connectivity index (χ1) is 11.2. The number of nitrogens with zero attached hydrogens (tertiary/aromatic N) is 2. The van der Waals surface area contributed by atoms with E-state index in [-0.39, 0.29) is 6.54 Å². The van der Waals surface area contributed by atoms with E-state index in [0.717, 1.165) is 16.3 Å². The summed E-state index contributed by atoms with van der Waals surface area (Å²) in [5.74, 6) is -1.51. The minimum absolute atomic E-state index is 0.178. The van der Waals surface area contributed by atoms with Gasteiger partial charge < -0.3 is 15.0 Å². The van der Waals surface area contributed by atoms with Crippen molar-refractivity contribution in [3.63, 3.8) is 0 Å². The van der Waals surface area contributed by atoms with Crippen molar-refractivity contribution in [3.8, 4) is 0 Å². The highest BCUT2D eigenvalue weighted by Crippen LogP contribution is 2.40. The number of hydrogen-bond acceptors (Lipinski definition) is 3. The zero-order valence-electron chi connectivity index (χ0n) is 13.0. The molecule has 0 bridgehead atoms. The normalized spacial score (nSPS) is 14.2. The highest BCUT2D eigenvalue weighted by molar-refractivity contribution is 5.77. The van der Waals surface area contributed by atoms with Crippen LogP contribution in [0.5, 0.6) is 0 Å². The van der Waals surface area contributed by atoms with Gasteiger partial charge in [-0.3, -0.25) is 4.79 Å². The van der Waals surface area contributed by atoms with Crippen LogP contribution in [0.1, 0.15) is 17.8 Å². The van der Waals surface area contributed by atoms with E-state index in [9.17, 15) is 23.1 Å². The van der Waals surface area contributed by atoms with Gasteiger partial charge in [0.1, 0.15) is 0 Å². The summed E-state index contributed by atoms with van der Waals surface area (Å²) < 4.78 is 41.0. The van der Waals surface area contributed by atoms with Crippen molar-refractivity contribution in [3.05, 3.63) is 54.1 Å². The van der Waals surface area contributed by atoms with Crippen molar-refractivity contribution in [2.45, 2.75) is 24.6 Å². The van der Waals surface area contributed by atoms with Gasteiger partial charge in [0.2, 0.25) is 11.5 Å². The van der Waals surface area contributed by atoms with Gasteiger partial charge in [-0.05, 0) is 12.0 Å². The molecule has 130 valence electrons. The first-order valence-corrected chi connectivity index (χ1v) is 7.31. The second kappa shape index (κ2) is 7.04. The fourth-order valence-electron chi connectivity index (χ4n) is 2.36. The maximum absolute atomic E-state index is 13.3. The number of carbonyl (C=O) groups is 1. The number of carbonyl (C=O) groups excluding carboxylic acids is 1. The van der Waals surface area contributed by atoms with Crippen molar-refractivity contribution in [2.24, 2.45) is 7.05 Å². The Kier molecular flexibility index (Phi) is 5.28. The van der Waals surface area contributed by atoms with Gasteiger partial charge in [-0.15, -0.1) is 0 Å². The molecule has 2 aromatic rings. The molecule has 0 saturated carbocycles. The summed E-state index contributed by atoms with van der Waals surface area (Å²) in [6.45, 7) is 0.178. The van der Waals surface area contributed by atoms with Gasteiger partial charge in [-0.1, -0.05) is 30.3 Å². The molecule has 1 unspecified atom stereocenters. The fourth-order valence-corrected chi connectivity index (χ4v) is 2.36. The summed E-state index contributed by atoms with van der Waals surface area (Å²) in [4.78, 5) is 15.4. The molecule has 0 aliphatic rings. The van der Waals surface area contributed by atoms with E-state index in [1.165, 1.54) is 13.2 Å². The molecular weight excluding hydrogens is 323 g/mol. The number of aliphatic hydroxyl groups is 1. The van der Waals surface area contributed by atoms with Crippen LogP contribution in [0, 0.1) is 0 Å². The highest BCUT2D eigenvalue weighted by atomic mass is 19.4. The highest BCUT2D eigenvalue weighted by Gasteiger charge is 2.58. The molecule has 8 heteroatoms. The molecule has 1 aromatic heterocycles. The lowest BCUT2D eigenvalue weighted by Gasteiger charge is -2.29. The third kappa shape index (κ3) is 3.94. The third-order valence-electron chi connectivity index (χ3n) is 3.66. The SMILES string of the molecule is Cn1ccnc1C(O)(CC(=O)NCCc1ccccc1)C(F)(F)F. The Morgan fingerprint density at radius 2 is 1.96 bits per heavy atom. The predicted molar refractivity (Wildman–Crippen MR) is 80.9 cm³/mol. The van der Waals surface area contributed by atoms with Crippen LogP contribution in [-0.2, 0) is 23.9 Å². The Bertz CT molecular complexity index is 685.